The van der Waals surface area contributed by atoms with E-state index in [4.69, 9.17) is 9.84 Å². The summed E-state index contributed by atoms with van der Waals surface area (Å²) in [6.07, 6.45) is 0.621. The zero-order valence-electron chi connectivity index (χ0n) is 20.8. The molecular formula is C26H38O4SSi. The molecule has 0 atom stereocenters. The quantitative estimate of drug-likeness (QED) is 0.278. The van der Waals surface area contributed by atoms with Crippen molar-refractivity contribution in [3.63, 3.8) is 0 Å². The van der Waals surface area contributed by atoms with Gasteiger partial charge in [-0.2, -0.15) is 11.3 Å². The zero-order valence-corrected chi connectivity index (χ0v) is 22.6. The summed E-state index contributed by atoms with van der Waals surface area (Å²) in [6, 6.07) is 9.93. The molecule has 0 saturated heterocycles. The highest BCUT2D eigenvalue weighted by Gasteiger charge is 2.30. The Hall–Kier alpha value is -1.92. The van der Waals surface area contributed by atoms with Gasteiger partial charge in [-0.15, -0.1) is 0 Å². The average molecular weight is 475 g/mol. The standard InChI is InChI=1S/C26H38O4SSi/c1-25(2,3)19-16-18(13-15-32(7,8)23-10-9-14-31-23)17-20(26(4,5)6)24(19)30-22(29)12-11-21(27)28/h9-10,14,16-17H,11-13,15H2,1-8H3,(H,27,28). The molecule has 0 saturated carbocycles. The summed E-state index contributed by atoms with van der Waals surface area (Å²) in [6.45, 7) is 17.6. The number of aryl methyl sites for hydroxylation is 1. The van der Waals surface area contributed by atoms with Gasteiger partial charge in [-0.1, -0.05) is 78.9 Å². The fourth-order valence-corrected chi connectivity index (χ4v) is 7.63. The second kappa shape index (κ2) is 9.92. The van der Waals surface area contributed by atoms with Crippen LogP contribution in [0.15, 0.2) is 29.6 Å². The van der Waals surface area contributed by atoms with E-state index >= 15 is 0 Å². The Morgan fingerprint density at radius 1 is 1.00 bits per heavy atom. The van der Waals surface area contributed by atoms with E-state index in [1.165, 1.54) is 10.1 Å². The summed E-state index contributed by atoms with van der Waals surface area (Å²) in [5.74, 6) is -0.900. The fraction of sp³-hybridized carbons (Fsp3) is 0.538. The van der Waals surface area contributed by atoms with E-state index in [0.29, 0.717) is 5.75 Å². The molecule has 176 valence electrons. The molecule has 1 heterocycles. The van der Waals surface area contributed by atoms with Crippen LogP contribution in [0.4, 0.5) is 0 Å². The maximum Gasteiger partial charge on any atom is 0.311 e. The lowest BCUT2D eigenvalue weighted by atomic mass is 9.78. The third-order valence-corrected chi connectivity index (χ3v) is 11.4. The van der Waals surface area contributed by atoms with Gasteiger partial charge in [0.2, 0.25) is 0 Å². The van der Waals surface area contributed by atoms with Gasteiger partial charge in [-0.25, -0.2) is 0 Å². The summed E-state index contributed by atoms with van der Waals surface area (Å²) in [4.78, 5) is 23.4. The van der Waals surface area contributed by atoms with Gasteiger partial charge in [-0.05, 0) is 38.7 Å². The minimum atomic E-state index is -1.52. The molecule has 0 aliphatic rings. The third kappa shape index (κ3) is 7.04. The molecule has 0 spiro atoms. The number of ether oxygens (including phenoxy) is 1. The molecule has 0 aliphatic carbocycles. The normalized spacial score (nSPS) is 12.6. The predicted octanol–water partition coefficient (Wildman–Crippen LogP) is 6.27. The largest absolute Gasteiger partial charge is 0.481 e. The highest BCUT2D eigenvalue weighted by Crippen LogP contribution is 2.41. The Kier molecular flexibility index (Phi) is 8.16. The molecule has 1 aromatic heterocycles. The van der Waals surface area contributed by atoms with Crippen molar-refractivity contribution in [3.8, 4) is 5.75 Å². The summed E-state index contributed by atoms with van der Waals surface area (Å²) in [5.41, 5.74) is 2.82. The SMILES string of the molecule is CC(C)(C)c1cc(CC[Si](C)(C)c2cccs2)cc(C(C)(C)C)c1OC(=O)CCC(=O)O. The molecular weight excluding hydrogens is 436 g/mol. The second-order valence-electron chi connectivity index (χ2n) is 11.2. The lowest BCUT2D eigenvalue weighted by Gasteiger charge is -2.30. The highest BCUT2D eigenvalue weighted by atomic mass is 32.1. The number of rotatable bonds is 8. The highest BCUT2D eigenvalue weighted by molar-refractivity contribution is 7.25. The maximum absolute atomic E-state index is 12.5. The Morgan fingerprint density at radius 2 is 1.56 bits per heavy atom. The Balaban J connectivity index is 2.45. The molecule has 0 fully saturated rings. The van der Waals surface area contributed by atoms with Crippen molar-refractivity contribution in [3.05, 3.63) is 46.3 Å². The van der Waals surface area contributed by atoms with Crippen LogP contribution >= 0.6 is 11.3 Å². The lowest BCUT2D eigenvalue weighted by Crippen LogP contribution is -2.39. The molecule has 1 aromatic carbocycles. The van der Waals surface area contributed by atoms with Gasteiger partial charge in [0.15, 0.2) is 0 Å². The van der Waals surface area contributed by atoms with Crippen LogP contribution in [0, 0.1) is 0 Å². The van der Waals surface area contributed by atoms with Crippen molar-refractivity contribution in [2.45, 2.75) is 90.8 Å². The van der Waals surface area contributed by atoms with Crippen LogP contribution in [-0.2, 0) is 26.8 Å². The molecule has 0 unspecified atom stereocenters. The van der Waals surface area contributed by atoms with Crippen LogP contribution in [-0.4, -0.2) is 25.1 Å². The van der Waals surface area contributed by atoms with Gasteiger partial charge >= 0.3 is 11.9 Å². The molecule has 0 radical (unpaired) electrons. The smallest absolute Gasteiger partial charge is 0.311 e. The zero-order chi connectivity index (χ0) is 24.3. The average Bonchev–Trinajstić information content (AvgIpc) is 3.19. The third-order valence-electron chi connectivity index (χ3n) is 5.75. The van der Waals surface area contributed by atoms with Crippen molar-refractivity contribution < 1.29 is 19.4 Å². The van der Waals surface area contributed by atoms with Crippen LogP contribution in [0.5, 0.6) is 5.75 Å². The number of carboxylic acids is 1. The number of thiophene rings is 1. The van der Waals surface area contributed by atoms with Crippen molar-refractivity contribution in [1.29, 1.82) is 0 Å². The number of esters is 1. The Labute approximate surface area is 198 Å². The number of carbonyl (C=O) groups excluding carboxylic acids is 1. The molecule has 2 rings (SSSR count). The molecule has 1 N–H and O–H groups in total. The van der Waals surface area contributed by atoms with Gasteiger partial charge in [0.25, 0.3) is 0 Å². The van der Waals surface area contributed by atoms with Gasteiger partial charge in [0.05, 0.1) is 20.9 Å². The van der Waals surface area contributed by atoms with Crippen LogP contribution in [0.2, 0.25) is 19.1 Å². The number of aliphatic carboxylic acids is 1. The monoisotopic (exact) mass is 474 g/mol. The topological polar surface area (TPSA) is 63.6 Å². The second-order valence-corrected chi connectivity index (χ2v) is 17.4. The van der Waals surface area contributed by atoms with E-state index in [2.05, 4.69) is 84.3 Å². The number of hydrogen-bond donors (Lipinski definition) is 1. The molecule has 0 amide bonds. The van der Waals surface area contributed by atoms with E-state index in [1.807, 2.05) is 11.3 Å². The van der Waals surface area contributed by atoms with Crippen molar-refractivity contribution in [2.24, 2.45) is 0 Å². The minimum absolute atomic E-state index is 0.134. The van der Waals surface area contributed by atoms with Crippen LogP contribution in [0.1, 0.15) is 71.1 Å². The predicted molar refractivity (Wildman–Crippen MR) is 136 cm³/mol. The first kappa shape index (κ1) is 26.3. The van der Waals surface area contributed by atoms with Gasteiger partial charge in [-0.3, -0.25) is 9.59 Å². The molecule has 4 nitrogen and oxygen atoms in total. The van der Waals surface area contributed by atoms with Crippen LogP contribution in [0.25, 0.3) is 0 Å². The van der Waals surface area contributed by atoms with E-state index in [1.54, 1.807) is 0 Å². The molecule has 6 heteroatoms. The lowest BCUT2D eigenvalue weighted by molar-refractivity contribution is -0.142. The maximum atomic E-state index is 12.5. The molecule has 0 aliphatic heterocycles. The van der Waals surface area contributed by atoms with Gasteiger partial charge in [0.1, 0.15) is 5.75 Å². The van der Waals surface area contributed by atoms with Crippen molar-refractivity contribution in [2.75, 3.05) is 0 Å². The molecule has 2 aromatic rings. The summed E-state index contributed by atoms with van der Waals surface area (Å²) in [5, 5.41) is 11.1. The minimum Gasteiger partial charge on any atom is -0.481 e. The van der Waals surface area contributed by atoms with E-state index in [9.17, 15) is 9.59 Å². The van der Waals surface area contributed by atoms with E-state index < -0.39 is 20.0 Å². The number of carbonyl (C=O) groups is 2. The van der Waals surface area contributed by atoms with E-state index in [0.717, 1.165) is 23.6 Å². The number of carboxylic acid groups (broad SMARTS) is 1. The Morgan fingerprint density at radius 3 is 2.00 bits per heavy atom. The summed E-state index contributed by atoms with van der Waals surface area (Å²) < 4.78 is 7.37. The first-order chi connectivity index (χ1) is 14.6. The van der Waals surface area contributed by atoms with Gasteiger partial charge < -0.3 is 9.84 Å². The fourth-order valence-electron chi connectivity index (χ4n) is 3.67. The van der Waals surface area contributed by atoms with Gasteiger partial charge in [0, 0.05) is 11.1 Å². The van der Waals surface area contributed by atoms with Crippen LogP contribution in [0.3, 0.4) is 0 Å². The number of benzene rings is 1. The molecule has 32 heavy (non-hydrogen) atoms. The van der Waals surface area contributed by atoms with Crippen molar-refractivity contribution >= 4 is 35.8 Å². The summed E-state index contributed by atoms with van der Waals surface area (Å²) in [7, 11) is -1.52. The number of hydrogen-bond acceptors (Lipinski definition) is 4. The first-order valence-corrected chi connectivity index (χ1v) is 15.3. The van der Waals surface area contributed by atoms with Crippen molar-refractivity contribution in [1.82, 2.24) is 0 Å². The first-order valence-electron chi connectivity index (χ1n) is 11.3. The Bertz CT molecular complexity index is 912. The summed E-state index contributed by atoms with van der Waals surface area (Å²) >= 11 is 1.86. The van der Waals surface area contributed by atoms with E-state index in [-0.39, 0.29) is 23.7 Å². The van der Waals surface area contributed by atoms with Crippen LogP contribution < -0.4 is 9.24 Å². The molecule has 0 bridgehead atoms.